The summed E-state index contributed by atoms with van der Waals surface area (Å²) in [5.74, 6) is 0.882. The van der Waals surface area contributed by atoms with Gasteiger partial charge >= 0.3 is 0 Å². The lowest BCUT2D eigenvalue weighted by Gasteiger charge is -1.97. The van der Waals surface area contributed by atoms with Gasteiger partial charge in [0.05, 0.1) is 4.21 Å². The highest BCUT2D eigenvalue weighted by Gasteiger charge is 2.06. The number of nitrogens with zero attached hydrogens (tertiary/aromatic N) is 2. The Bertz CT molecular complexity index is 382. The SMILES string of the molecule is CNc1snnc1CSc1cccs1. The highest BCUT2D eigenvalue weighted by molar-refractivity contribution is 8.00. The first-order chi connectivity index (χ1) is 6.90. The first-order valence-electron chi connectivity index (χ1n) is 4.05. The van der Waals surface area contributed by atoms with E-state index in [2.05, 4.69) is 32.4 Å². The predicted molar refractivity (Wildman–Crippen MR) is 63.3 cm³/mol. The van der Waals surface area contributed by atoms with Gasteiger partial charge in [0.25, 0.3) is 0 Å². The molecular weight excluding hydrogens is 234 g/mol. The van der Waals surface area contributed by atoms with Crippen molar-refractivity contribution in [3.63, 3.8) is 0 Å². The van der Waals surface area contributed by atoms with Crippen LogP contribution in [0.5, 0.6) is 0 Å². The molecule has 0 atom stereocenters. The van der Waals surface area contributed by atoms with E-state index < -0.39 is 0 Å². The zero-order chi connectivity index (χ0) is 9.80. The number of hydrogen-bond acceptors (Lipinski definition) is 6. The third-order valence-corrected chi connectivity index (χ3v) is 4.56. The second-order valence-electron chi connectivity index (χ2n) is 2.52. The molecule has 0 unspecified atom stereocenters. The van der Waals surface area contributed by atoms with Crippen LogP contribution in [0.3, 0.4) is 0 Å². The summed E-state index contributed by atoms with van der Waals surface area (Å²) >= 11 is 4.96. The molecule has 2 aromatic heterocycles. The number of thiophene rings is 1. The summed E-state index contributed by atoms with van der Waals surface area (Å²) in [6.45, 7) is 0. The Morgan fingerprint density at radius 3 is 3.21 bits per heavy atom. The van der Waals surface area contributed by atoms with E-state index in [0.29, 0.717) is 0 Å². The molecule has 2 aromatic rings. The molecule has 14 heavy (non-hydrogen) atoms. The van der Waals surface area contributed by atoms with E-state index in [1.54, 1.807) is 23.1 Å². The van der Waals surface area contributed by atoms with Crippen LogP contribution in [0.1, 0.15) is 5.69 Å². The van der Waals surface area contributed by atoms with E-state index >= 15 is 0 Å². The van der Waals surface area contributed by atoms with E-state index in [0.717, 1.165) is 16.4 Å². The molecule has 3 nitrogen and oxygen atoms in total. The molecule has 0 aliphatic carbocycles. The molecular formula is C8H9N3S3. The van der Waals surface area contributed by atoms with Crippen molar-refractivity contribution in [2.75, 3.05) is 12.4 Å². The highest BCUT2D eigenvalue weighted by Crippen LogP contribution is 2.29. The molecule has 0 aliphatic heterocycles. The summed E-state index contributed by atoms with van der Waals surface area (Å²) in [5.41, 5.74) is 1.04. The van der Waals surface area contributed by atoms with E-state index in [1.165, 1.54) is 15.7 Å². The zero-order valence-corrected chi connectivity index (χ0v) is 10.0. The molecule has 2 heterocycles. The minimum absolute atomic E-state index is 0.882. The molecule has 74 valence electrons. The van der Waals surface area contributed by atoms with Crippen molar-refractivity contribution in [2.45, 2.75) is 9.96 Å². The second kappa shape index (κ2) is 4.77. The van der Waals surface area contributed by atoms with Gasteiger partial charge in [0.15, 0.2) is 0 Å². The fraction of sp³-hybridized carbons (Fsp3) is 0.250. The van der Waals surface area contributed by atoms with Gasteiger partial charge in [0.2, 0.25) is 0 Å². The Hall–Kier alpha value is -0.590. The quantitative estimate of drug-likeness (QED) is 0.838. The van der Waals surface area contributed by atoms with Crippen LogP contribution in [0.4, 0.5) is 5.00 Å². The van der Waals surface area contributed by atoms with Crippen LogP contribution in [0.25, 0.3) is 0 Å². The van der Waals surface area contributed by atoms with Gasteiger partial charge in [-0.1, -0.05) is 10.6 Å². The van der Waals surface area contributed by atoms with Gasteiger partial charge in [0.1, 0.15) is 10.7 Å². The van der Waals surface area contributed by atoms with E-state index in [-0.39, 0.29) is 0 Å². The molecule has 0 aliphatic rings. The maximum atomic E-state index is 4.08. The Kier molecular flexibility index (Phi) is 3.39. The largest absolute Gasteiger partial charge is 0.377 e. The Morgan fingerprint density at radius 1 is 1.57 bits per heavy atom. The summed E-state index contributed by atoms with van der Waals surface area (Å²) in [6.07, 6.45) is 0. The van der Waals surface area contributed by atoms with E-state index in [4.69, 9.17) is 0 Å². The Morgan fingerprint density at radius 2 is 2.50 bits per heavy atom. The average Bonchev–Trinajstić information content (AvgIpc) is 2.85. The zero-order valence-electron chi connectivity index (χ0n) is 7.56. The maximum absolute atomic E-state index is 4.08. The molecule has 0 radical (unpaired) electrons. The lowest BCUT2D eigenvalue weighted by atomic mass is 10.5. The van der Waals surface area contributed by atoms with Crippen LogP contribution in [-0.2, 0) is 5.75 Å². The Balaban J connectivity index is 1.98. The summed E-state index contributed by atoms with van der Waals surface area (Å²) in [7, 11) is 1.90. The number of aromatic nitrogens is 2. The predicted octanol–water partition coefficient (Wildman–Crippen LogP) is 2.93. The van der Waals surface area contributed by atoms with Gasteiger partial charge in [-0.2, -0.15) is 0 Å². The van der Waals surface area contributed by atoms with Crippen molar-refractivity contribution in [1.82, 2.24) is 9.59 Å². The molecule has 0 fully saturated rings. The minimum atomic E-state index is 0.882. The number of hydrogen-bond donors (Lipinski definition) is 1. The van der Waals surface area contributed by atoms with Crippen molar-refractivity contribution >= 4 is 39.6 Å². The molecule has 0 spiro atoms. The molecule has 6 heteroatoms. The van der Waals surface area contributed by atoms with Crippen molar-refractivity contribution in [2.24, 2.45) is 0 Å². The number of thioether (sulfide) groups is 1. The van der Waals surface area contributed by atoms with Crippen molar-refractivity contribution in [1.29, 1.82) is 0 Å². The maximum Gasteiger partial charge on any atom is 0.133 e. The molecule has 2 rings (SSSR count). The van der Waals surface area contributed by atoms with Crippen molar-refractivity contribution < 1.29 is 0 Å². The third kappa shape index (κ3) is 2.26. The fourth-order valence-electron chi connectivity index (χ4n) is 0.978. The van der Waals surface area contributed by atoms with Crippen LogP contribution < -0.4 is 5.32 Å². The summed E-state index contributed by atoms with van der Waals surface area (Å²) in [6, 6.07) is 4.18. The first-order valence-corrected chi connectivity index (χ1v) is 6.69. The monoisotopic (exact) mass is 243 g/mol. The van der Waals surface area contributed by atoms with Gasteiger partial charge in [-0.25, -0.2) is 0 Å². The van der Waals surface area contributed by atoms with E-state index in [9.17, 15) is 0 Å². The molecule has 0 aromatic carbocycles. The minimum Gasteiger partial charge on any atom is -0.377 e. The molecule has 0 bridgehead atoms. The van der Waals surface area contributed by atoms with Crippen LogP contribution >= 0.6 is 34.6 Å². The topological polar surface area (TPSA) is 37.8 Å². The van der Waals surface area contributed by atoms with Crippen LogP contribution in [0.15, 0.2) is 21.7 Å². The average molecular weight is 243 g/mol. The van der Waals surface area contributed by atoms with Crippen LogP contribution in [-0.4, -0.2) is 16.6 Å². The number of anilines is 1. The summed E-state index contributed by atoms with van der Waals surface area (Å²) in [5, 5.41) is 10.3. The molecule has 0 amide bonds. The van der Waals surface area contributed by atoms with Crippen LogP contribution in [0.2, 0.25) is 0 Å². The van der Waals surface area contributed by atoms with E-state index in [1.807, 2.05) is 7.05 Å². The van der Waals surface area contributed by atoms with Gasteiger partial charge in [0, 0.05) is 24.3 Å². The second-order valence-corrected chi connectivity index (χ2v) is 5.50. The third-order valence-electron chi connectivity index (χ3n) is 1.63. The fourth-order valence-corrected chi connectivity index (χ4v) is 3.32. The number of nitrogens with one attached hydrogen (secondary N) is 1. The van der Waals surface area contributed by atoms with Gasteiger partial charge < -0.3 is 5.32 Å². The lowest BCUT2D eigenvalue weighted by molar-refractivity contribution is 1.07. The molecule has 1 N–H and O–H groups in total. The first kappa shape index (κ1) is 9.95. The Labute approximate surface area is 94.7 Å². The van der Waals surface area contributed by atoms with Gasteiger partial charge in [-0.15, -0.1) is 28.2 Å². The molecule has 0 saturated carbocycles. The lowest BCUT2D eigenvalue weighted by Crippen LogP contribution is -1.90. The molecule has 0 saturated heterocycles. The standard InChI is InChI=1S/C8H9N3S3/c1-9-8-6(10-11-14-8)5-13-7-3-2-4-12-7/h2-4,9H,5H2,1H3. The van der Waals surface area contributed by atoms with Gasteiger partial charge in [-0.05, 0) is 11.4 Å². The van der Waals surface area contributed by atoms with Crippen LogP contribution in [0, 0.1) is 0 Å². The smallest absolute Gasteiger partial charge is 0.133 e. The van der Waals surface area contributed by atoms with Crippen molar-refractivity contribution in [3.8, 4) is 0 Å². The highest BCUT2D eigenvalue weighted by atomic mass is 32.2. The summed E-state index contributed by atoms with van der Waals surface area (Å²) < 4.78 is 5.23. The number of rotatable bonds is 4. The normalized spacial score (nSPS) is 10.4. The van der Waals surface area contributed by atoms with Crippen molar-refractivity contribution in [3.05, 3.63) is 23.2 Å². The van der Waals surface area contributed by atoms with Gasteiger partial charge in [-0.3, -0.25) is 0 Å². The summed E-state index contributed by atoms with van der Waals surface area (Å²) in [4.78, 5) is 0.